The SMILES string of the molecule is CC(=O)c1cc(Br)cc(Cl)c1O.CC(=O)c1cc(Br)cc(Cl)c1OCC1CO1. The zero-order valence-electron chi connectivity index (χ0n) is 14.9. The fourth-order valence-corrected chi connectivity index (χ4v) is 3.82. The Labute approximate surface area is 189 Å². The highest BCUT2D eigenvalue weighted by Gasteiger charge is 2.24. The molecule has 3 rings (SSSR count). The third kappa shape index (κ3) is 6.46. The van der Waals surface area contributed by atoms with E-state index in [0.717, 1.165) is 4.47 Å². The standard InChI is InChI=1S/C11H10BrClO3.C8H6BrClO2/c1-6(14)9-2-7(12)3-10(13)11(9)16-5-8-4-15-8;1-4(11)6-2-5(9)3-7(10)8(6)12/h2-3,8H,4-5H2,1H3;2-3,12H,1H3. The van der Waals surface area contributed by atoms with Gasteiger partial charge in [0.05, 0.1) is 27.8 Å². The molecule has 0 amide bonds. The van der Waals surface area contributed by atoms with Gasteiger partial charge in [0.2, 0.25) is 0 Å². The van der Waals surface area contributed by atoms with E-state index in [1.165, 1.54) is 26.0 Å². The van der Waals surface area contributed by atoms with Gasteiger partial charge in [-0.2, -0.15) is 0 Å². The Kier molecular flexibility index (Phi) is 8.33. The van der Waals surface area contributed by atoms with Crippen LogP contribution in [0.1, 0.15) is 34.6 Å². The summed E-state index contributed by atoms with van der Waals surface area (Å²) in [4.78, 5) is 22.4. The van der Waals surface area contributed by atoms with Gasteiger partial charge in [-0.25, -0.2) is 0 Å². The predicted molar refractivity (Wildman–Crippen MR) is 115 cm³/mol. The second kappa shape index (κ2) is 10.1. The molecule has 9 heteroatoms. The Balaban J connectivity index is 0.000000209. The highest BCUT2D eigenvalue weighted by Crippen LogP contribution is 2.33. The number of aromatic hydroxyl groups is 1. The quantitative estimate of drug-likeness (QED) is 0.357. The van der Waals surface area contributed by atoms with Gasteiger partial charge in [-0.1, -0.05) is 55.1 Å². The second-order valence-corrected chi connectivity index (χ2v) is 8.57. The van der Waals surface area contributed by atoms with E-state index in [0.29, 0.717) is 34.0 Å². The van der Waals surface area contributed by atoms with Gasteiger partial charge < -0.3 is 14.6 Å². The molecule has 0 saturated carbocycles. The first-order valence-electron chi connectivity index (χ1n) is 8.03. The van der Waals surface area contributed by atoms with Crippen molar-refractivity contribution in [1.82, 2.24) is 0 Å². The number of Topliss-reactive ketones (excluding diaryl/α,β-unsaturated/α-hetero) is 2. The lowest BCUT2D eigenvalue weighted by atomic mass is 10.1. The van der Waals surface area contributed by atoms with Crippen LogP contribution in [0.25, 0.3) is 0 Å². The van der Waals surface area contributed by atoms with Crippen LogP contribution in [0, 0.1) is 0 Å². The number of phenols is 1. The highest BCUT2D eigenvalue weighted by atomic mass is 79.9. The van der Waals surface area contributed by atoms with Crippen molar-refractivity contribution in [3.8, 4) is 11.5 Å². The predicted octanol–water partition coefficient (Wildman–Crippen LogP) is 6.09. The van der Waals surface area contributed by atoms with E-state index < -0.39 is 0 Å². The molecular weight excluding hydrogens is 539 g/mol. The number of ketones is 2. The van der Waals surface area contributed by atoms with Crippen LogP contribution in [0.15, 0.2) is 33.2 Å². The lowest BCUT2D eigenvalue weighted by Crippen LogP contribution is -2.08. The zero-order valence-corrected chi connectivity index (χ0v) is 19.6. The van der Waals surface area contributed by atoms with Gasteiger partial charge in [-0.05, 0) is 38.1 Å². The van der Waals surface area contributed by atoms with Gasteiger partial charge in [-0.15, -0.1) is 0 Å². The topological polar surface area (TPSA) is 76.1 Å². The summed E-state index contributed by atoms with van der Waals surface area (Å²) in [5.74, 6) is -0.00847. The molecule has 1 heterocycles. The number of carbonyl (C=O) groups is 2. The number of halogens is 4. The molecule has 0 aliphatic carbocycles. The van der Waals surface area contributed by atoms with Gasteiger partial charge >= 0.3 is 0 Å². The largest absolute Gasteiger partial charge is 0.506 e. The van der Waals surface area contributed by atoms with Crippen LogP contribution < -0.4 is 4.74 Å². The third-order valence-electron chi connectivity index (χ3n) is 3.61. The number of hydrogen-bond acceptors (Lipinski definition) is 5. The van der Waals surface area contributed by atoms with Gasteiger partial charge in [0, 0.05) is 8.95 Å². The number of phenolic OH excluding ortho intramolecular Hbond substituents is 1. The lowest BCUT2D eigenvalue weighted by molar-refractivity contribution is 0.100. The van der Waals surface area contributed by atoms with Gasteiger partial charge in [0.25, 0.3) is 0 Å². The summed E-state index contributed by atoms with van der Waals surface area (Å²) < 4.78 is 12.0. The summed E-state index contributed by atoms with van der Waals surface area (Å²) in [5, 5.41) is 9.93. The Morgan fingerprint density at radius 2 is 1.57 bits per heavy atom. The fourth-order valence-electron chi connectivity index (χ4n) is 2.14. The van der Waals surface area contributed by atoms with E-state index in [-0.39, 0.29) is 34.0 Å². The number of ether oxygens (including phenoxy) is 2. The molecule has 0 aromatic heterocycles. The zero-order chi connectivity index (χ0) is 21.0. The molecule has 1 fully saturated rings. The Morgan fingerprint density at radius 1 is 1.07 bits per heavy atom. The van der Waals surface area contributed by atoms with Gasteiger partial charge in [0.1, 0.15) is 24.2 Å². The molecule has 0 bridgehead atoms. The van der Waals surface area contributed by atoms with E-state index in [9.17, 15) is 14.7 Å². The van der Waals surface area contributed by atoms with Crippen molar-refractivity contribution >= 4 is 66.6 Å². The number of benzene rings is 2. The number of carbonyl (C=O) groups excluding carboxylic acids is 2. The molecule has 5 nitrogen and oxygen atoms in total. The normalized spacial score (nSPS) is 14.7. The Bertz CT molecular complexity index is 914. The van der Waals surface area contributed by atoms with Crippen LogP contribution in [0.5, 0.6) is 11.5 Å². The molecule has 1 atom stereocenters. The average molecular weight is 555 g/mol. The summed E-state index contributed by atoms with van der Waals surface area (Å²) in [5.41, 5.74) is 0.717. The minimum absolute atomic E-state index is 0.0742. The van der Waals surface area contributed by atoms with Crippen molar-refractivity contribution in [2.24, 2.45) is 0 Å². The summed E-state index contributed by atoms with van der Waals surface area (Å²) in [6, 6.07) is 6.47. The molecule has 1 unspecified atom stereocenters. The summed E-state index contributed by atoms with van der Waals surface area (Å²) in [6.45, 7) is 4.00. The van der Waals surface area contributed by atoms with Crippen molar-refractivity contribution in [3.05, 3.63) is 54.4 Å². The first-order valence-corrected chi connectivity index (χ1v) is 10.4. The van der Waals surface area contributed by atoms with E-state index in [2.05, 4.69) is 31.9 Å². The molecule has 1 aliphatic rings. The summed E-state index contributed by atoms with van der Waals surface area (Å²) >= 11 is 18.1. The lowest BCUT2D eigenvalue weighted by Gasteiger charge is -2.11. The number of rotatable bonds is 5. The van der Waals surface area contributed by atoms with Gasteiger partial charge in [-0.3, -0.25) is 9.59 Å². The van der Waals surface area contributed by atoms with E-state index in [1.54, 1.807) is 12.1 Å². The van der Waals surface area contributed by atoms with Crippen LogP contribution in [-0.4, -0.2) is 36.0 Å². The summed E-state index contributed by atoms with van der Waals surface area (Å²) in [6.07, 6.45) is 0.138. The van der Waals surface area contributed by atoms with Crippen molar-refractivity contribution in [2.75, 3.05) is 13.2 Å². The van der Waals surface area contributed by atoms with Crippen LogP contribution >= 0.6 is 55.1 Å². The minimum atomic E-state index is -0.212. The molecule has 0 spiro atoms. The van der Waals surface area contributed by atoms with Crippen molar-refractivity contribution in [1.29, 1.82) is 0 Å². The van der Waals surface area contributed by atoms with Crippen molar-refractivity contribution in [2.45, 2.75) is 20.0 Å². The maximum Gasteiger partial charge on any atom is 0.163 e. The van der Waals surface area contributed by atoms with Crippen LogP contribution in [0.2, 0.25) is 10.0 Å². The third-order valence-corrected chi connectivity index (χ3v) is 5.10. The maximum absolute atomic E-state index is 11.4. The molecular formula is C19H16Br2Cl2O5. The molecule has 0 radical (unpaired) electrons. The van der Waals surface area contributed by atoms with E-state index >= 15 is 0 Å². The Hall–Kier alpha value is -1.12. The number of epoxide rings is 1. The van der Waals surface area contributed by atoms with Crippen LogP contribution in [-0.2, 0) is 4.74 Å². The van der Waals surface area contributed by atoms with E-state index in [4.69, 9.17) is 32.7 Å². The Morgan fingerprint density at radius 3 is 2.07 bits per heavy atom. The average Bonchev–Trinajstić information content (AvgIpc) is 3.41. The second-order valence-electron chi connectivity index (χ2n) is 5.93. The molecule has 2 aromatic carbocycles. The summed E-state index contributed by atoms with van der Waals surface area (Å²) in [7, 11) is 0. The molecule has 28 heavy (non-hydrogen) atoms. The van der Waals surface area contributed by atoms with Gasteiger partial charge in [0.15, 0.2) is 11.6 Å². The molecule has 150 valence electrons. The van der Waals surface area contributed by atoms with Crippen molar-refractivity contribution < 1.29 is 24.2 Å². The molecule has 2 aromatic rings. The van der Waals surface area contributed by atoms with Crippen molar-refractivity contribution in [3.63, 3.8) is 0 Å². The molecule has 1 aliphatic heterocycles. The van der Waals surface area contributed by atoms with Crippen LogP contribution in [0.3, 0.4) is 0 Å². The highest BCUT2D eigenvalue weighted by molar-refractivity contribution is 9.10. The minimum Gasteiger partial charge on any atom is -0.506 e. The first-order chi connectivity index (χ1) is 13.1. The first kappa shape index (κ1) is 23.2. The van der Waals surface area contributed by atoms with E-state index in [1.807, 2.05) is 0 Å². The van der Waals surface area contributed by atoms with Crippen LogP contribution in [0.4, 0.5) is 0 Å². The number of hydrogen-bond donors (Lipinski definition) is 1. The molecule has 1 N–H and O–H groups in total. The molecule has 1 saturated heterocycles. The smallest absolute Gasteiger partial charge is 0.163 e. The fraction of sp³-hybridized carbons (Fsp3) is 0.263. The monoisotopic (exact) mass is 552 g/mol. The maximum atomic E-state index is 11.4.